The summed E-state index contributed by atoms with van der Waals surface area (Å²) in [5, 5.41) is 13.6. The molecule has 1 atom stereocenters. The summed E-state index contributed by atoms with van der Waals surface area (Å²) >= 11 is 3.41. The van der Waals surface area contributed by atoms with Crippen molar-refractivity contribution in [3.05, 3.63) is 15.9 Å². The Morgan fingerprint density at radius 3 is 2.47 bits per heavy atom. The number of aromatic nitrogens is 2. The van der Waals surface area contributed by atoms with E-state index in [0.717, 1.165) is 16.6 Å². The maximum absolute atomic E-state index is 11.7. The number of aliphatic carboxylic acids is 1. The summed E-state index contributed by atoms with van der Waals surface area (Å²) in [6.07, 6.45) is 0.732. The van der Waals surface area contributed by atoms with Gasteiger partial charge in [-0.05, 0) is 29.3 Å². The Labute approximate surface area is 119 Å². The molecule has 0 saturated carbocycles. The molecular formula is C12H17BrN2O4. The molecule has 1 rings (SSSR count). The van der Waals surface area contributed by atoms with Crippen molar-refractivity contribution >= 4 is 27.9 Å². The molecule has 1 aromatic rings. The Morgan fingerprint density at radius 1 is 1.53 bits per heavy atom. The van der Waals surface area contributed by atoms with Gasteiger partial charge in [-0.3, -0.25) is 14.3 Å². The molecule has 6 nitrogen and oxygen atoms in total. The predicted molar refractivity (Wildman–Crippen MR) is 71.7 cm³/mol. The second-order valence-electron chi connectivity index (χ2n) is 4.49. The van der Waals surface area contributed by atoms with E-state index in [-0.39, 0.29) is 6.42 Å². The van der Waals surface area contributed by atoms with Gasteiger partial charge in [-0.1, -0.05) is 6.92 Å². The molecule has 1 aromatic heterocycles. The Kier molecular flexibility index (Phi) is 4.73. The second kappa shape index (κ2) is 5.73. The van der Waals surface area contributed by atoms with Gasteiger partial charge in [0.05, 0.1) is 23.0 Å². The topological polar surface area (TPSA) is 81.4 Å². The minimum absolute atomic E-state index is 0.0130. The van der Waals surface area contributed by atoms with Crippen LogP contribution in [0.3, 0.4) is 0 Å². The van der Waals surface area contributed by atoms with Gasteiger partial charge in [0.2, 0.25) is 0 Å². The van der Waals surface area contributed by atoms with E-state index in [1.807, 2.05) is 6.92 Å². The van der Waals surface area contributed by atoms with E-state index in [0.29, 0.717) is 5.69 Å². The quantitative estimate of drug-likeness (QED) is 0.653. The van der Waals surface area contributed by atoms with Gasteiger partial charge in [-0.2, -0.15) is 5.10 Å². The summed E-state index contributed by atoms with van der Waals surface area (Å²) in [5.74, 6) is -1.99. The van der Waals surface area contributed by atoms with E-state index in [1.54, 1.807) is 11.7 Å². The molecule has 0 saturated heterocycles. The van der Waals surface area contributed by atoms with E-state index >= 15 is 0 Å². The van der Waals surface area contributed by atoms with Gasteiger partial charge in [-0.25, -0.2) is 0 Å². The molecule has 19 heavy (non-hydrogen) atoms. The first kappa shape index (κ1) is 15.7. The van der Waals surface area contributed by atoms with Crippen molar-refractivity contribution in [2.75, 3.05) is 7.11 Å². The van der Waals surface area contributed by atoms with Crippen molar-refractivity contribution in [2.24, 2.45) is 12.5 Å². The summed E-state index contributed by atoms with van der Waals surface area (Å²) in [5.41, 5.74) is -0.141. The van der Waals surface area contributed by atoms with Gasteiger partial charge in [-0.15, -0.1) is 0 Å². The number of ether oxygens (including phenoxy) is 1. The molecule has 0 aliphatic heterocycles. The van der Waals surface area contributed by atoms with Gasteiger partial charge in [0, 0.05) is 13.5 Å². The van der Waals surface area contributed by atoms with Gasteiger partial charge in [0.25, 0.3) is 0 Å². The largest absolute Gasteiger partial charge is 0.480 e. The zero-order chi connectivity index (χ0) is 14.8. The first-order valence-corrected chi connectivity index (χ1v) is 6.59. The fraction of sp³-hybridized carbons (Fsp3) is 0.583. The average Bonchev–Trinajstić information content (AvgIpc) is 2.64. The van der Waals surface area contributed by atoms with E-state index < -0.39 is 17.4 Å². The number of hydrogen-bond donors (Lipinski definition) is 1. The molecule has 1 heterocycles. The molecule has 0 radical (unpaired) electrons. The maximum Gasteiger partial charge on any atom is 0.323 e. The Hall–Kier alpha value is -1.37. The molecule has 1 N–H and O–H groups in total. The van der Waals surface area contributed by atoms with Crippen LogP contribution in [0.4, 0.5) is 0 Å². The van der Waals surface area contributed by atoms with Gasteiger partial charge >= 0.3 is 11.9 Å². The number of hydrogen-bond acceptors (Lipinski definition) is 4. The highest BCUT2D eigenvalue weighted by molar-refractivity contribution is 9.10. The first-order valence-electron chi connectivity index (χ1n) is 5.80. The van der Waals surface area contributed by atoms with Crippen molar-refractivity contribution in [2.45, 2.75) is 26.7 Å². The monoisotopic (exact) mass is 332 g/mol. The number of carboxylic acids is 1. The molecule has 0 aromatic carbocycles. The van der Waals surface area contributed by atoms with Crippen LogP contribution in [-0.4, -0.2) is 33.9 Å². The highest BCUT2D eigenvalue weighted by atomic mass is 79.9. The lowest BCUT2D eigenvalue weighted by Crippen LogP contribution is -2.40. The molecule has 106 valence electrons. The highest BCUT2D eigenvalue weighted by Crippen LogP contribution is 2.30. The molecule has 0 amide bonds. The summed E-state index contributed by atoms with van der Waals surface area (Å²) < 4.78 is 6.93. The summed E-state index contributed by atoms with van der Waals surface area (Å²) in [4.78, 5) is 23.1. The number of nitrogens with zero attached hydrogens (tertiary/aromatic N) is 2. The Morgan fingerprint density at radius 2 is 2.11 bits per heavy atom. The predicted octanol–water partition coefficient (Wildman–Crippen LogP) is 1.55. The third-order valence-electron chi connectivity index (χ3n) is 3.13. The van der Waals surface area contributed by atoms with Crippen LogP contribution in [0.15, 0.2) is 4.47 Å². The minimum Gasteiger partial charge on any atom is -0.480 e. The Balaban J connectivity index is 3.22. The molecular weight excluding hydrogens is 316 g/mol. The van der Waals surface area contributed by atoms with Crippen LogP contribution < -0.4 is 0 Å². The fourth-order valence-electron chi connectivity index (χ4n) is 1.81. The van der Waals surface area contributed by atoms with Crippen LogP contribution in [0.25, 0.3) is 0 Å². The van der Waals surface area contributed by atoms with E-state index in [1.165, 1.54) is 14.0 Å². The van der Waals surface area contributed by atoms with Crippen molar-refractivity contribution in [1.29, 1.82) is 0 Å². The number of rotatable bonds is 5. The highest BCUT2D eigenvalue weighted by Gasteiger charge is 2.44. The number of carbonyl (C=O) groups is 2. The third-order valence-corrected chi connectivity index (χ3v) is 4.05. The van der Waals surface area contributed by atoms with Crippen molar-refractivity contribution in [3.63, 3.8) is 0 Å². The van der Waals surface area contributed by atoms with Crippen molar-refractivity contribution in [3.8, 4) is 0 Å². The van der Waals surface area contributed by atoms with Crippen LogP contribution in [0.5, 0.6) is 0 Å². The lowest BCUT2D eigenvalue weighted by atomic mass is 9.85. The summed E-state index contributed by atoms with van der Waals surface area (Å²) in [6, 6.07) is 0. The normalized spacial score (nSPS) is 13.9. The van der Waals surface area contributed by atoms with Crippen LogP contribution in [0, 0.1) is 5.41 Å². The van der Waals surface area contributed by atoms with Gasteiger partial charge < -0.3 is 9.84 Å². The van der Waals surface area contributed by atoms with Crippen LogP contribution in [0.2, 0.25) is 0 Å². The number of aryl methyl sites for hydroxylation is 2. The van der Waals surface area contributed by atoms with Gasteiger partial charge in [0.1, 0.15) is 0 Å². The molecule has 0 bridgehead atoms. The molecule has 0 spiro atoms. The number of carbonyl (C=O) groups excluding carboxylic acids is 1. The summed E-state index contributed by atoms with van der Waals surface area (Å²) in [7, 11) is 2.90. The zero-order valence-electron chi connectivity index (χ0n) is 11.4. The maximum atomic E-state index is 11.7. The van der Waals surface area contributed by atoms with E-state index in [4.69, 9.17) is 0 Å². The van der Waals surface area contributed by atoms with Crippen molar-refractivity contribution < 1.29 is 19.4 Å². The SMILES string of the molecule is CCc1nn(C)c(CC(C)(C(=O)O)C(=O)OC)c1Br. The number of methoxy groups -OCH3 is 1. The number of halogens is 1. The average molecular weight is 333 g/mol. The molecule has 0 fully saturated rings. The standard InChI is InChI=1S/C12H17BrN2O4/c1-5-7-9(13)8(15(3)14-7)6-12(2,10(16)17)11(18)19-4/h5-6H2,1-4H3,(H,16,17). The first-order chi connectivity index (χ1) is 8.77. The number of esters is 1. The minimum atomic E-state index is -1.63. The second-order valence-corrected chi connectivity index (χ2v) is 5.28. The Bertz CT molecular complexity index is 512. The lowest BCUT2D eigenvalue weighted by Gasteiger charge is -2.21. The zero-order valence-corrected chi connectivity index (χ0v) is 12.9. The fourth-order valence-corrected chi connectivity index (χ4v) is 2.56. The molecule has 0 aliphatic rings. The molecule has 7 heteroatoms. The molecule has 0 aliphatic carbocycles. The lowest BCUT2D eigenvalue weighted by molar-refractivity contribution is -0.165. The van der Waals surface area contributed by atoms with Crippen LogP contribution in [0.1, 0.15) is 25.2 Å². The van der Waals surface area contributed by atoms with Crippen LogP contribution in [-0.2, 0) is 34.2 Å². The van der Waals surface area contributed by atoms with Crippen molar-refractivity contribution in [1.82, 2.24) is 9.78 Å². The smallest absolute Gasteiger partial charge is 0.323 e. The van der Waals surface area contributed by atoms with E-state index in [2.05, 4.69) is 25.8 Å². The summed E-state index contributed by atoms with van der Waals surface area (Å²) in [6.45, 7) is 3.31. The number of carboxylic acid groups (broad SMARTS) is 1. The van der Waals surface area contributed by atoms with Gasteiger partial charge in [0.15, 0.2) is 5.41 Å². The van der Waals surface area contributed by atoms with Crippen LogP contribution >= 0.6 is 15.9 Å². The third kappa shape index (κ3) is 2.80. The van der Waals surface area contributed by atoms with E-state index in [9.17, 15) is 14.7 Å². The molecule has 1 unspecified atom stereocenters.